The number of rotatable bonds is 7. The summed E-state index contributed by atoms with van der Waals surface area (Å²) in [4.78, 5) is 15.9. The first-order valence-electron chi connectivity index (χ1n) is 12.5. The number of carbonyl (C=O) groups is 1. The van der Waals surface area contributed by atoms with Crippen LogP contribution in [0.1, 0.15) is 35.4 Å². The van der Waals surface area contributed by atoms with E-state index in [1.165, 1.54) is 16.3 Å². The lowest BCUT2D eigenvalue weighted by Crippen LogP contribution is -2.48. The molecule has 1 aliphatic rings. The number of likely N-dealkylation sites (tertiary alicyclic amines) is 1. The SMILES string of the molecule is O=C(NCc1cccc2ccccc12)C(C=Cc1ccccc1)N1CCC(c2ccccc2)CC1. The van der Waals surface area contributed by atoms with Crippen LogP contribution in [-0.2, 0) is 11.3 Å². The highest BCUT2D eigenvalue weighted by Gasteiger charge is 2.28. The van der Waals surface area contributed by atoms with Crippen molar-refractivity contribution in [2.75, 3.05) is 13.1 Å². The van der Waals surface area contributed by atoms with Crippen molar-refractivity contribution in [2.24, 2.45) is 0 Å². The molecule has 1 N–H and O–H groups in total. The molecule has 0 aromatic heterocycles. The van der Waals surface area contributed by atoms with Crippen molar-refractivity contribution in [3.8, 4) is 0 Å². The van der Waals surface area contributed by atoms with Crippen LogP contribution in [0.2, 0.25) is 0 Å². The largest absolute Gasteiger partial charge is 0.350 e. The molecular formula is C32H32N2O. The third-order valence-electron chi connectivity index (χ3n) is 7.07. The summed E-state index contributed by atoms with van der Waals surface area (Å²) in [7, 11) is 0. The second-order valence-corrected chi connectivity index (χ2v) is 9.29. The predicted octanol–water partition coefficient (Wildman–Crippen LogP) is 6.42. The zero-order valence-electron chi connectivity index (χ0n) is 20.0. The molecule has 3 heteroatoms. The van der Waals surface area contributed by atoms with Crippen LogP contribution in [0, 0.1) is 0 Å². The lowest BCUT2D eigenvalue weighted by atomic mass is 9.89. The number of nitrogens with one attached hydrogen (secondary N) is 1. The van der Waals surface area contributed by atoms with Gasteiger partial charge in [0.15, 0.2) is 0 Å². The van der Waals surface area contributed by atoms with Crippen LogP contribution in [0.15, 0.2) is 109 Å². The summed E-state index contributed by atoms with van der Waals surface area (Å²) in [6, 6.07) is 35.3. The highest BCUT2D eigenvalue weighted by molar-refractivity contribution is 5.87. The molecule has 4 aromatic carbocycles. The lowest BCUT2D eigenvalue weighted by molar-refractivity contribution is -0.125. The summed E-state index contributed by atoms with van der Waals surface area (Å²) in [5.74, 6) is 0.619. The highest BCUT2D eigenvalue weighted by atomic mass is 16.2. The third kappa shape index (κ3) is 5.70. The Balaban J connectivity index is 1.31. The maximum Gasteiger partial charge on any atom is 0.241 e. The topological polar surface area (TPSA) is 32.3 Å². The summed E-state index contributed by atoms with van der Waals surface area (Å²) in [6.07, 6.45) is 6.27. The second kappa shape index (κ2) is 11.2. The van der Waals surface area contributed by atoms with E-state index < -0.39 is 0 Å². The van der Waals surface area contributed by atoms with Gasteiger partial charge in [-0.2, -0.15) is 0 Å². The molecule has 4 aromatic rings. The van der Waals surface area contributed by atoms with Crippen molar-refractivity contribution in [1.82, 2.24) is 10.2 Å². The highest BCUT2D eigenvalue weighted by Crippen LogP contribution is 2.29. The number of hydrogen-bond acceptors (Lipinski definition) is 2. The molecule has 0 spiro atoms. The van der Waals surface area contributed by atoms with E-state index in [-0.39, 0.29) is 11.9 Å². The number of benzene rings is 4. The smallest absolute Gasteiger partial charge is 0.241 e. The Morgan fingerprint density at radius 2 is 1.49 bits per heavy atom. The minimum Gasteiger partial charge on any atom is -0.350 e. The summed E-state index contributed by atoms with van der Waals surface area (Å²) in [5, 5.41) is 5.62. The Morgan fingerprint density at radius 3 is 2.26 bits per heavy atom. The Bertz CT molecular complexity index is 1270. The molecule has 3 nitrogen and oxygen atoms in total. The molecule has 0 bridgehead atoms. The van der Waals surface area contributed by atoms with Crippen LogP contribution in [0.4, 0.5) is 0 Å². The predicted molar refractivity (Wildman–Crippen MR) is 145 cm³/mol. The summed E-state index contributed by atoms with van der Waals surface area (Å²) < 4.78 is 0. The number of amides is 1. The maximum atomic E-state index is 13.5. The van der Waals surface area contributed by atoms with E-state index in [9.17, 15) is 4.79 Å². The summed E-state index contributed by atoms with van der Waals surface area (Å²) in [5.41, 5.74) is 3.66. The van der Waals surface area contributed by atoms with Crippen molar-refractivity contribution in [2.45, 2.75) is 31.3 Å². The molecule has 176 valence electrons. The fraction of sp³-hybridized carbons (Fsp3) is 0.219. The number of piperidine rings is 1. The van der Waals surface area contributed by atoms with E-state index >= 15 is 0 Å². The fourth-order valence-electron chi connectivity index (χ4n) is 5.11. The van der Waals surface area contributed by atoms with Crippen molar-refractivity contribution >= 4 is 22.8 Å². The number of fused-ring (bicyclic) bond motifs is 1. The minimum absolute atomic E-state index is 0.0586. The number of hydrogen-bond donors (Lipinski definition) is 1. The molecular weight excluding hydrogens is 428 g/mol. The quantitative estimate of drug-likeness (QED) is 0.345. The van der Waals surface area contributed by atoms with E-state index in [1.54, 1.807) is 0 Å². The van der Waals surface area contributed by atoms with Gasteiger partial charge in [-0.1, -0.05) is 115 Å². The standard InChI is InChI=1S/C32H32N2O/c35-32(33-24-29-16-9-15-28-14-7-8-17-30(28)29)31(19-18-25-10-3-1-4-11-25)34-22-20-27(21-23-34)26-12-5-2-6-13-26/h1-19,27,31H,20-24H2,(H,33,35). The van der Waals surface area contributed by atoms with Crippen LogP contribution in [0.5, 0.6) is 0 Å². The minimum atomic E-state index is -0.290. The molecule has 1 fully saturated rings. The third-order valence-corrected chi connectivity index (χ3v) is 7.07. The molecule has 1 heterocycles. The van der Waals surface area contributed by atoms with E-state index in [0.29, 0.717) is 12.5 Å². The molecule has 0 radical (unpaired) electrons. The number of nitrogens with zero attached hydrogens (tertiary/aromatic N) is 1. The normalized spacial score (nSPS) is 15.9. The van der Waals surface area contributed by atoms with E-state index in [4.69, 9.17) is 0 Å². The van der Waals surface area contributed by atoms with Gasteiger partial charge in [0, 0.05) is 6.54 Å². The van der Waals surface area contributed by atoms with Gasteiger partial charge in [-0.05, 0) is 59.3 Å². The molecule has 1 aliphatic heterocycles. The zero-order valence-corrected chi connectivity index (χ0v) is 20.0. The van der Waals surface area contributed by atoms with Crippen LogP contribution < -0.4 is 5.32 Å². The van der Waals surface area contributed by atoms with Crippen LogP contribution in [-0.4, -0.2) is 29.9 Å². The first kappa shape index (κ1) is 23.1. The molecule has 0 saturated carbocycles. The fourth-order valence-corrected chi connectivity index (χ4v) is 5.11. The molecule has 1 amide bonds. The first-order valence-corrected chi connectivity index (χ1v) is 12.5. The van der Waals surface area contributed by atoms with Gasteiger partial charge in [-0.3, -0.25) is 9.69 Å². The van der Waals surface area contributed by atoms with Crippen LogP contribution in [0.25, 0.3) is 16.8 Å². The van der Waals surface area contributed by atoms with Gasteiger partial charge in [0.25, 0.3) is 0 Å². The Morgan fingerprint density at radius 1 is 0.829 bits per heavy atom. The first-order chi connectivity index (χ1) is 17.3. The molecule has 5 rings (SSSR count). The van der Waals surface area contributed by atoms with Gasteiger partial charge >= 0.3 is 0 Å². The van der Waals surface area contributed by atoms with Crippen molar-refractivity contribution < 1.29 is 4.79 Å². The summed E-state index contributed by atoms with van der Waals surface area (Å²) in [6.45, 7) is 2.34. The Kier molecular flexibility index (Phi) is 7.35. The van der Waals surface area contributed by atoms with Gasteiger partial charge < -0.3 is 5.32 Å². The zero-order chi connectivity index (χ0) is 23.9. The Labute approximate surface area is 208 Å². The molecule has 0 aliphatic carbocycles. The molecule has 1 saturated heterocycles. The van der Waals surface area contributed by atoms with Crippen molar-refractivity contribution in [1.29, 1.82) is 0 Å². The average molecular weight is 461 g/mol. The maximum absolute atomic E-state index is 13.5. The summed E-state index contributed by atoms with van der Waals surface area (Å²) >= 11 is 0. The molecule has 1 unspecified atom stereocenters. The molecule has 1 atom stereocenters. The van der Waals surface area contributed by atoms with E-state index in [2.05, 4.69) is 101 Å². The van der Waals surface area contributed by atoms with Gasteiger partial charge in [0.05, 0.1) is 0 Å². The Hall–Kier alpha value is -3.69. The molecule has 35 heavy (non-hydrogen) atoms. The van der Waals surface area contributed by atoms with Gasteiger partial charge in [0.1, 0.15) is 6.04 Å². The second-order valence-electron chi connectivity index (χ2n) is 9.29. The van der Waals surface area contributed by atoms with Crippen molar-refractivity contribution in [3.63, 3.8) is 0 Å². The average Bonchev–Trinajstić information content (AvgIpc) is 2.93. The van der Waals surface area contributed by atoms with Gasteiger partial charge in [-0.15, -0.1) is 0 Å². The van der Waals surface area contributed by atoms with E-state index in [1.807, 2.05) is 24.3 Å². The van der Waals surface area contributed by atoms with Crippen LogP contribution >= 0.6 is 0 Å². The van der Waals surface area contributed by atoms with Gasteiger partial charge in [-0.25, -0.2) is 0 Å². The van der Waals surface area contributed by atoms with Crippen molar-refractivity contribution in [3.05, 3.63) is 126 Å². The van der Waals surface area contributed by atoms with Gasteiger partial charge in [0.2, 0.25) is 5.91 Å². The monoisotopic (exact) mass is 460 g/mol. The lowest BCUT2D eigenvalue weighted by Gasteiger charge is -2.36. The van der Waals surface area contributed by atoms with Crippen LogP contribution in [0.3, 0.4) is 0 Å². The van der Waals surface area contributed by atoms with E-state index in [0.717, 1.165) is 37.1 Å². The number of carbonyl (C=O) groups excluding carboxylic acids is 1.